The molecule has 0 aliphatic carbocycles. The van der Waals surface area contributed by atoms with Gasteiger partial charge in [-0.3, -0.25) is 14.7 Å². The molecule has 0 aliphatic heterocycles. The van der Waals surface area contributed by atoms with Gasteiger partial charge in [-0.15, -0.1) is 0 Å². The molecule has 4 aromatic rings. The molecule has 2 aromatic carbocycles. The van der Waals surface area contributed by atoms with E-state index >= 15 is 0 Å². The second-order valence-electron chi connectivity index (χ2n) is 8.77. The maximum absolute atomic E-state index is 13.7. The minimum Gasteiger partial charge on any atom is -0.278 e. The van der Waals surface area contributed by atoms with E-state index in [0.29, 0.717) is 17.2 Å². The van der Waals surface area contributed by atoms with Gasteiger partial charge in [-0.2, -0.15) is 0 Å². The van der Waals surface area contributed by atoms with Gasteiger partial charge in [0.2, 0.25) is 10.0 Å². The number of sulfonamides is 1. The average Bonchev–Trinajstić information content (AvgIpc) is 3.33. The zero-order chi connectivity index (χ0) is 25.9. The number of nitrogens with zero attached hydrogens (tertiary/aromatic N) is 4. The van der Waals surface area contributed by atoms with Gasteiger partial charge < -0.3 is 0 Å². The van der Waals surface area contributed by atoms with Crippen LogP contribution in [0.5, 0.6) is 0 Å². The SMILES string of the molecule is CCCCN(C)S(=O)(=O)c1ccc(C(=O)N(Cc2ccccn2)c2nc3c(C)c(C)ccc3s2)cc1. The summed E-state index contributed by atoms with van der Waals surface area (Å²) in [5.74, 6) is -0.266. The topological polar surface area (TPSA) is 83.5 Å². The summed E-state index contributed by atoms with van der Waals surface area (Å²) in [5, 5.41) is 0.574. The molecule has 4 rings (SSSR count). The summed E-state index contributed by atoms with van der Waals surface area (Å²) in [6, 6.07) is 15.8. The monoisotopic (exact) mass is 522 g/mol. The molecule has 0 saturated heterocycles. The van der Waals surface area contributed by atoms with Crippen LogP contribution >= 0.6 is 11.3 Å². The summed E-state index contributed by atoms with van der Waals surface area (Å²) in [5.41, 5.74) is 4.22. The highest BCUT2D eigenvalue weighted by Crippen LogP contribution is 2.33. The first-order valence-corrected chi connectivity index (χ1v) is 14.1. The lowest BCUT2D eigenvalue weighted by Crippen LogP contribution is -2.31. The smallest absolute Gasteiger partial charge is 0.260 e. The molecule has 188 valence electrons. The van der Waals surface area contributed by atoms with Crippen LogP contribution in [0.25, 0.3) is 10.2 Å². The van der Waals surface area contributed by atoms with Crippen molar-refractivity contribution in [2.45, 2.75) is 45.1 Å². The standard InChI is InChI=1S/C27H30N4O3S2/c1-5-6-17-30(4)36(33,34)23-13-11-21(12-14-23)26(32)31(18-22-9-7-8-16-28-22)27-29-25-20(3)19(2)10-15-24(25)35-27/h7-16H,5-6,17-18H2,1-4H3. The van der Waals surface area contributed by atoms with Gasteiger partial charge in [-0.25, -0.2) is 17.7 Å². The van der Waals surface area contributed by atoms with E-state index in [0.717, 1.165) is 39.9 Å². The van der Waals surface area contributed by atoms with Crippen molar-refractivity contribution >= 4 is 42.6 Å². The fourth-order valence-corrected chi connectivity index (χ4v) is 6.05. The largest absolute Gasteiger partial charge is 0.278 e. The molecule has 0 bridgehead atoms. The number of amides is 1. The van der Waals surface area contributed by atoms with Crippen LogP contribution < -0.4 is 4.90 Å². The Bertz CT molecular complexity index is 1470. The van der Waals surface area contributed by atoms with Crippen molar-refractivity contribution in [1.82, 2.24) is 14.3 Å². The Morgan fingerprint density at radius 3 is 2.44 bits per heavy atom. The Hall–Kier alpha value is -3.14. The number of aromatic nitrogens is 2. The molecule has 2 heterocycles. The highest BCUT2D eigenvalue weighted by molar-refractivity contribution is 7.89. The lowest BCUT2D eigenvalue weighted by atomic mass is 10.1. The zero-order valence-corrected chi connectivity index (χ0v) is 22.6. The quantitative estimate of drug-likeness (QED) is 0.287. The molecule has 0 unspecified atom stereocenters. The van der Waals surface area contributed by atoms with E-state index < -0.39 is 10.0 Å². The number of benzene rings is 2. The molecule has 7 nitrogen and oxygen atoms in total. The van der Waals surface area contributed by atoms with Crippen molar-refractivity contribution < 1.29 is 13.2 Å². The first kappa shape index (κ1) is 25.9. The fourth-order valence-electron chi connectivity index (χ4n) is 3.82. The second kappa shape index (κ2) is 10.9. The van der Waals surface area contributed by atoms with Crippen LogP contribution in [0.4, 0.5) is 5.13 Å². The van der Waals surface area contributed by atoms with E-state index in [2.05, 4.69) is 11.1 Å². The van der Waals surface area contributed by atoms with Gasteiger partial charge in [-0.05, 0) is 73.9 Å². The third kappa shape index (κ3) is 5.33. The van der Waals surface area contributed by atoms with Crippen LogP contribution in [0, 0.1) is 13.8 Å². The van der Waals surface area contributed by atoms with Gasteiger partial charge in [0.15, 0.2) is 5.13 Å². The van der Waals surface area contributed by atoms with Crippen LogP contribution in [0.3, 0.4) is 0 Å². The number of anilines is 1. The minimum absolute atomic E-state index is 0.167. The van der Waals surface area contributed by atoms with Gasteiger partial charge in [0.25, 0.3) is 5.91 Å². The third-order valence-electron chi connectivity index (χ3n) is 6.23. The number of unbranched alkanes of at least 4 members (excludes halogenated alkanes) is 1. The van der Waals surface area contributed by atoms with Crippen LogP contribution in [-0.4, -0.2) is 42.2 Å². The molecule has 1 amide bonds. The van der Waals surface area contributed by atoms with Gasteiger partial charge >= 0.3 is 0 Å². The summed E-state index contributed by atoms with van der Waals surface area (Å²) in [6.07, 6.45) is 3.39. The van der Waals surface area contributed by atoms with Gasteiger partial charge in [0.1, 0.15) is 0 Å². The summed E-state index contributed by atoms with van der Waals surface area (Å²) in [6.45, 7) is 6.79. The van der Waals surface area contributed by atoms with Crippen molar-refractivity contribution in [1.29, 1.82) is 0 Å². The maximum atomic E-state index is 13.7. The van der Waals surface area contributed by atoms with E-state index in [1.165, 1.54) is 27.8 Å². The normalized spacial score (nSPS) is 11.8. The highest BCUT2D eigenvalue weighted by atomic mass is 32.2. The Morgan fingerprint density at radius 1 is 1.03 bits per heavy atom. The van der Waals surface area contributed by atoms with Crippen molar-refractivity contribution in [3.8, 4) is 0 Å². The number of hydrogen-bond acceptors (Lipinski definition) is 6. The van der Waals surface area contributed by atoms with E-state index in [-0.39, 0.29) is 17.3 Å². The van der Waals surface area contributed by atoms with E-state index in [1.54, 1.807) is 30.3 Å². The van der Waals surface area contributed by atoms with Crippen molar-refractivity contribution in [3.05, 3.63) is 83.2 Å². The third-order valence-corrected chi connectivity index (χ3v) is 9.15. The molecule has 0 atom stereocenters. The number of rotatable bonds is 9. The summed E-state index contributed by atoms with van der Waals surface area (Å²) < 4.78 is 28.1. The Kier molecular flexibility index (Phi) is 7.82. The highest BCUT2D eigenvalue weighted by Gasteiger charge is 2.25. The predicted molar refractivity (Wildman–Crippen MR) is 145 cm³/mol. The zero-order valence-electron chi connectivity index (χ0n) is 20.9. The number of aryl methyl sites for hydroxylation is 2. The molecule has 2 aromatic heterocycles. The van der Waals surface area contributed by atoms with E-state index in [4.69, 9.17) is 4.98 Å². The summed E-state index contributed by atoms with van der Waals surface area (Å²) in [4.78, 5) is 24.7. The number of carbonyl (C=O) groups is 1. The van der Waals surface area contributed by atoms with Crippen molar-refractivity contribution in [2.24, 2.45) is 0 Å². The van der Waals surface area contributed by atoms with Crippen molar-refractivity contribution in [2.75, 3.05) is 18.5 Å². The van der Waals surface area contributed by atoms with Crippen LogP contribution in [0.1, 0.15) is 46.9 Å². The second-order valence-corrected chi connectivity index (χ2v) is 11.8. The molecular weight excluding hydrogens is 492 g/mol. The van der Waals surface area contributed by atoms with Gasteiger partial charge in [0.05, 0.1) is 27.4 Å². The fraction of sp³-hybridized carbons (Fsp3) is 0.296. The lowest BCUT2D eigenvalue weighted by Gasteiger charge is -2.20. The Morgan fingerprint density at radius 2 is 1.78 bits per heavy atom. The first-order chi connectivity index (χ1) is 17.2. The number of carbonyl (C=O) groups excluding carboxylic acids is 1. The number of pyridine rings is 1. The molecule has 0 radical (unpaired) electrons. The summed E-state index contributed by atoms with van der Waals surface area (Å²) >= 11 is 1.45. The number of thiazole rings is 1. The van der Waals surface area contributed by atoms with Crippen molar-refractivity contribution in [3.63, 3.8) is 0 Å². The minimum atomic E-state index is -3.61. The molecule has 0 N–H and O–H groups in total. The lowest BCUT2D eigenvalue weighted by molar-refractivity contribution is 0.0984. The van der Waals surface area contributed by atoms with Crippen LogP contribution in [-0.2, 0) is 16.6 Å². The Balaban J connectivity index is 1.68. The van der Waals surface area contributed by atoms with Gasteiger partial charge in [-0.1, -0.05) is 36.8 Å². The summed E-state index contributed by atoms with van der Waals surface area (Å²) in [7, 11) is -2.03. The van der Waals surface area contributed by atoms with Crippen LogP contribution in [0.15, 0.2) is 65.7 Å². The molecule has 0 spiro atoms. The molecule has 0 aliphatic rings. The van der Waals surface area contributed by atoms with Crippen LogP contribution in [0.2, 0.25) is 0 Å². The first-order valence-electron chi connectivity index (χ1n) is 11.9. The predicted octanol–water partition coefficient (Wildman–Crippen LogP) is 5.58. The maximum Gasteiger partial charge on any atom is 0.260 e. The molecule has 0 saturated carbocycles. The molecule has 36 heavy (non-hydrogen) atoms. The average molecular weight is 523 g/mol. The van der Waals surface area contributed by atoms with E-state index in [9.17, 15) is 13.2 Å². The number of hydrogen-bond donors (Lipinski definition) is 0. The molecular formula is C27H30N4O3S2. The van der Waals surface area contributed by atoms with Gasteiger partial charge in [0, 0.05) is 25.4 Å². The Labute approximate surface area is 216 Å². The molecule has 0 fully saturated rings. The molecule has 9 heteroatoms. The van der Waals surface area contributed by atoms with E-state index in [1.807, 2.05) is 45.0 Å². The number of fused-ring (bicyclic) bond motifs is 1.